The van der Waals surface area contributed by atoms with Gasteiger partial charge in [0.05, 0.1) is 5.56 Å². The van der Waals surface area contributed by atoms with Crippen LogP contribution in [0.15, 0.2) is 24.3 Å². The zero-order chi connectivity index (χ0) is 12.0. The van der Waals surface area contributed by atoms with Crippen LogP contribution in [0, 0.1) is 5.92 Å². The average molecular weight is 238 g/mol. The van der Waals surface area contributed by atoms with Gasteiger partial charge in [0.15, 0.2) is 0 Å². The minimum atomic E-state index is -0.833. The molecule has 0 unspecified atom stereocenters. The summed E-state index contributed by atoms with van der Waals surface area (Å²) in [6.45, 7) is 4.40. The standard InChI is InChI=1S/C13H18O2S/c1-10(2)7-8-16-9-11-5-3-4-6-12(11)13(14)15/h3-6,10H,7-9H2,1-2H3,(H,14,15). The molecule has 1 aromatic rings. The first-order chi connectivity index (χ1) is 7.61. The molecule has 0 fully saturated rings. The predicted molar refractivity (Wildman–Crippen MR) is 69.0 cm³/mol. The Labute approximate surface area is 101 Å². The summed E-state index contributed by atoms with van der Waals surface area (Å²) < 4.78 is 0. The van der Waals surface area contributed by atoms with Crippen molar-refractivity contribution in [1.82, 2.24) is 0 Å². The lowest BCUT2D eigenvalue weighted by atomic mass is 10.1. The van der Waals surface area contributed by atoms with Crippen LogP contribution in [-0.2, 0) is 5.75 Å². The lowest BCUT2D eigenvalue weighted by molar-refractivity contribution is 0.0696. The van der Waals surface area contributed by atoms with E-state index in [9.17, 15) is 4.79 Å². The molecule has 0 aliphatic carbocycles. The number of hydrogen-bond acceptors (Lipinski definition) is 2. The topological polar surface area (TPSA) is 37.3 Å². The Balaban J connectivity index is 2.50. The van der Waals surface area contributed by atoms with Crippen molar-refractivity contribution in [3.05, 3.63) is 35.4 Å². The van der Waals surface area contributed by atoms with Gasteiger partial charge in [0, 0.05) is 5.75 Å². The molecule has 0 aliphatic rings. The molecule has 16 heavy (non-hydrogen) atoms. The van der Waals surface area contributed by atoms with Crippen LogP contribution in [0.1, 0.15) is 36.2 Å². The predicted octanol–water partition coefficient (Wildman–Crippen LogP) is 3.66. The maximum absolute atomic E-state index is 11.0. The molecule has 0 spiro atoms. The number of hydrogen-bond donors (Lipinski definition) is 1. The third-order valence-corrected chi connectivity index (χ3v) is 3.38. The van der Waals surface area contributed by atoms with E-state index >= 15 is 0 Å². The molecule has 3 heteroatoms. The summed E-state index contributed by atoms with van der Waals surface area (Å²) in [5.74, 6) is 1.75. The van der Waals surface area contributed by atoms with Crippen molar-refractivity contribution in [3.63, 3.8) is 0 Å². The quantitative estimate of drug-likeness (QED) is 0.768. The number of aromatic carboxylic acids is 1. The molecule has 88 valence electrons. The SMILES string of the molecule is CC(C)CCSCc1ccccc1C(=O)O. The van der Waals surface area contributed by atoms with Crippen LogP contribution < -0.4 is 0 Å². The second kappa shape index (κ2) is 6.59. The Morgan fingerprint density at radius 1 is 1.38 bits per heavy atom. The first-order valence-corrected chi connectivity index (χ1v) is 6.65. The lowest BCUT2D eigenvalue weighted by Gasteiger charge is -2.06. The maximum atomic E-state index is 11.0. The smallest absolute Gasteiger partial charge is 0.335 e. The molecular formula is C13H18O2S. The molecule has 1 aromatic carbocycles. The summed E-state index contributed by atoms with van der Waals surface area (Å²) in [7, 11) is 0. The Morgan fingerprint density at radius 2 is 2.06 bits per heavy atom. The Bertz CT molecular complexity index is 348. The largest absolute Gasteiger partial charge is 0.478 e. The summed E-state index contributed by atoms with van der Waals surface area (Å²) in [6, 6.07) is 7.23. The second-order valence-corrected chi connectivity index (χ2v) is 5.30. The molecule has 0 atom stereocenters. The van der Waals surface area contributed by atoms with Crippen LogP contribution in [0.4, 0.5) is 0 Å². The fourth-order valence-corrected chi connectivity index (χ4v) is 2.61. The molecule has 0 saturated carbocycles. The van der Waals surface area contributed by atoms with Crippen LogP contribution in [0.25, 0.3) is 0 Å². The molecule has 1 N–H and O–H groups in total. The van der Waals surface area contributed by atoms with E-state index in [0.717, 1.165) is 17.1 Å². The third-order valence-electron chi connectivity index (χ3n) is 2.34. The van der Waals surface area contributed by atoms with Crippen molar-refractivity contribution in [2.45, 2.75) is 26.0 Å². The zero-order valence-electron chi connectivity index (χ0n) is 9.77. The van der Waals surface area contributed by atoms with Gasteiger partial charge in [0.1, 0.15) is 0 Å². The van der Waals surface area contributed by atoms with Gasteiger partial charge >= 0.3 is 5.97 Å². The van der Waals surface area contributed by atoms with Gasteiger partial charge in [-0.15, -0.1) is 0 Å². The molecule has 2 nitrogen and oxygen atoms in total. The van der Waals surface area contributed by atoms with Crippen LogP contribution in [0.2, 0.25) is 0 Å². The highest BCUT2D eigenvalue weighted by molar-refractivity contribution is 7.98. The highest BCUT2D eigenvalue weighted by atomic mass is 32.2. The van der Waals surface area contributed by atoms with Gasteiger partial charge in [-0.1, -0.05) is 32.0 Å². The van der Waals surface area contributed by atoms with Crippen molar-refractivity contribution >= 4 is 17.7 Å². The number of thioether (sulfide) groups is 1. The van der Waals surface area contributed by atoms with Crippen LogP contribution >= 0.6 is 11.8 Å². The Morgan fingerprint density at radius 3 is 2.69 bits per heavy atom. The van der Waals surface area contributed by atoms with Gasteiger partial charge in [-0.3, -0.25) is 0 Å². The third kappa shape index (κ3) is 4.27. The summed E-state index contributed by atoms with van der Waals surface area (Å²) >= 11 is 1.80. The fourth-order valence-electron chi connectivity index (χ4n) is 1.36. The maximum Gasteiger partial charge on any atom is 0.335 e. The lowest BCUT2D eigenvalue weighted by Crippen LogP contribution is -2.01. The first kappa shape index (κ1) is 13.1. The van der Waals surface area contributed by atoms with E-state index < -0.39 is 5.97 Å². The van der Waals surface area contributed by atoms with Gasteiger partial charge < -0.3 is 5.11 Å². The highest BCUT2D eigenvalue weighted by Crippen LogP contribution is 2.18. The molecule has 0 saturated heterocycles. The van der Waals surface area contributed by atoms with E-state index in [1.807, 2.05) is 12.1 Å². The molecule has 1 rings (SSSR count). The normalized spacial score (nSPS) is 10.7. The summed E-state index contributed by atoms with van der Waals surface area (Å²) in [5.41, 5.74) is 1.35. The van der Waals surface area contributed by atoms with Crippen molar-refractivity contribution in [1.29, 1.82) is 0 Å². The van der Waals surface area contributed by atoms with Gasteiger partial charge in [0.25, 0.3) is 0 Å². The van der Waals surface area contributed by atoms with Gasteiger partial charge in [0.2, 0.25) is 0 Å². The number of carboxylic acids is 1. The minimum absolute atomic E-state index is 0.430. The number of benzene rings is 1. The molecule has 0 radical (unpaired) electrons. The molecule has 0 aromatic heterocycles. The van der Waals surface area contributed by atoms with Crippen molar-refractivity contribution in [3.8, 4) is 0 Å². The van der Waals surface area contributed by atoms with Crippen molar-refractivity contribution in [2.75, 3.05) is 5.75 Å². The average Bonchev–Trinajstić information content (AvgIpc) is 2.24. The van der Waals surface area contributed by atoms with Crippen LogP contribution in [0.3, 0.4) is 0 Å². The van der Waals surface area contributed by atoms with Crippen LogP contribution in [-0.4, -0.2) is 16.8 Å². The van der Waals surface area contributed by atoms with E-state index in [0.29, 0.717) is 11.5 Å². The molecular weight excluding hydrogens is 220 g/mol. The van der Waals surface area contributed by atoms with E-state index in [-0.39, 0.29) is 0 Å². The Kier molecular flexibility index (Phi) is 5.39. The van der Waals surface area contributed by atoms with Crippen molar-refractivity contribution < 1.29 is 9.90 Å². The monoisotopic (exact) mass is 238 g/mol. The minimum Gasteiger partial charge on any atom is -0.478 e. The highest BCUT2D eigenvalue weighted by Gasteiger charge is 2.08. The van der Waals surface area contributed by atoms with Crippen molar-refractivity contribution in [2.24, 2.45) is 5.92 Å². The van der Waals surface area contributed by atoms with Gasteiger partial charge in [-0.25, -0.2) is 4.79 Å². The number of carboxylic acid groups (broad SMARTS) is 1. The molecule has 0 bridgehead atoms. The number of carbonyl (C=O) groups is 1. The summed E-state index contributed by atoms with van der Waals surface area (Å²) in [6.07, 6.45) is 1.18. The first-order valence-electron chi connectivity index (χ1n) is 5.50. The molecule has 0 aliphatic heterocycles. The van der Waals surface area contributed by atoms with Gasteiger partial charge in [-0.05, 0) is 29.7 Å². The fraction of sp³-hybridized carbons (Fsp3) is 0.462. The van der Waals surface area contributed by atoms with E-state index in [2.05, 4.69) is 13.8 Å². The molecule has 0 amide bonds. The Hall–Kier alpha value is -0.960. The number of rotatable bonds is 6. The summed E-state index contributed by atoms with van der Waals surface area (Å²) in [5, 5.41) is 9.00. The zero-order valence-corrected chi connectivity index (χ0v) is 10.6. The summed E-state index contributed by atoms with van der Waals surface area (Å²) in [4.78, 5) is 11.0. The van der Waals surface area contributed by atoms with E-state index in [1.165, 1.54) is 6.42 Å². The second-order valence-electron chi connectivity index (χ2n) is 4.20. The van der Waals surface area contributed by atoms with E-state index in [4.69, 9.17) is 5.11 Å². The molecule has 0 heterocycles. The van der Waals surface area contributed by atoms with Crippen LogP contribution in [0.5, 0.6) is 0 Å². The van der Waals surface area contributed by atoms with Gasteiger partial charge in [-0.2, -0.15) is 11.8 Å². The van der Waals surface area contributed by atoms with E-state index in [1.54, 1.807) is 23.9 Å².